The first-order chi connectivity index (χ1) is 15.2. The summed E-state index contributed by atoms with van der Waals surface area (Å²) in [7, 11) is 0. The number of carbonyl (C=O) groups excluding carboxylic acids is 1. The molecule has 3 heterocycles. The number of aromatic amines is 1. The fourth-order valence-electron chi connectivity index (χ4n) is 4.35. The molecule has 1 aliphatic rings. The molecule has 31 heavy (non-hydrogen) atoms. The summed E-state index contributed by atoms with van der Waals surface area (Å²) in [6.07, 6.45) is 0. The van der Waals surface area contributed by atoms with E-state index in [4.69, 9.17) is 4.52 Å². The average molecular weight is 415 g/mol. The molecule has 1 saturated heterocycles. The van der Waals surface area contributed by atoms with E-state index in [9.17, 15) is 4.79 Å². The number of piperazine rings is 1. The Labute approximate surface area is 181 Å². The summed E-state index contributed by atoms with van der Waals surface area (Å²) < 4.78 is 5.34. The zero-order valence-electron chi connectivity index (χ0n) is 17.7. The highest BCUT2D eigenvalue weighted by molar-refractivity contribution is 6.14. The molecule has 2 aromatic heterocycles. The van der Waals surface area contributed by atoms with Gasteiger partial charge in [0.25, 0.3) is 0 Å². The van der Waals surface area contributed by atoms with Crippen LogP contribution in [0.3, 0.4) is 0 Å². The fraction of sp³-hybridized carbons (Fsp3) is 0.280. The lowest BCUT2D eigenvalue weighted by atomic mass is 10.0. The van der Waals surface area contributed by atoms with Crippen molar-refractivity contribution in [2.24, 2.45) is 0 Å². The minimum absolute atomic E-state index is 0.163. The van der Waals surface area contributed by atoms with Crippen LogP contribution >= 0.6 is 0 Å². The van der Waals surface area contributed by atoms with Crippen LogP contribution in [0, 0.1) is 6.92 Å². The summed E-state index contributed by atoms with van der Waals surface area (Å²) in [5, 5.41) is 4.95. The molecule has 0 saturated carbocycles. The van der Waals surface area contributed by atoms with Crippen molar-refractivity contribution in [1.82, 2.24) is 19.9 Å². The molecule has 4 aromatic rings. The van der Waals surface area contributed by atoms with Gasteiger partial charge in [0.1, 0.15) is 0 Å². The van der Waals surface area contributed by atoms with E-state index in [1.54, 1.807) is 0 Å². The van der Waals surface area contributed by atoms with Gasteiger partial charge in [0, 0.05) is 43.1 Å². The van der Waals surface area contributed by atoms with Crippen molar-refractivity contribution in [3.63, 3.8) is 0 Å². The van der Waals surface area contributed by atoms with Gasteiger partial charge < -0.3 is 9.51 Å². The van der Waals surface area contributed by atoms with Crippen LogP contribution in [0.2, 0.25) is 0 Å². The van der Waals surface area contributed by atoms with Crippen LogP contribution in [0.1, 0.15) is 21.8 Å². The lowest BCUT2D eigenvalue weighted by molar-refractivity contribution is 0.0832. The van der Waals surface area contributed by atoms with E-state index >= 15 is 0 Å². The summed E-state index contributed by atoms with van der Waals surface area (Å²) in [5.41, 5.74) is 4.64. The highest BCUT2D eigenvalue weighted by atomic mass is 16.5. The number of nitrogens with one attached hydrogen (secondary N) is 1. The minimum atomic E-state index is 0.163. The SMILES string of the molecule is Cc1cc(CN2CCN(CC(=O)c3c(-c4ccccc4)[nH]c4ccccc34)CC2)on1. The number of para-hydroxylation sites is 1. The first-order valence-electron chi connectivity index (χ1n) is 10.7. The number of hydrogen-bond acceptors (Lipinski definition) is 5. The number of fused-ring (bicyclic) bond motifs is 1. The van der Waals surface area contributed by atoms with Crippen molar-refractivity contribution in [3.8, 4) is 11.3 Å². The Kier molecular flexibility index (Phi) is 5.40. The normalized spacial score (nSPS) is 15.5. The van der Waals surface area contributed by atoms with Gasteiger partial charge in [0.05, 0.1) is 30.0 Å². The zero-order chi connectivity index (χ0) is 21.2. The van der Waals surface area contributed by atoms with Crippen LogP contribution in [0.4, 0.5) is 0 Å². The summed E-state index contributed by atoms with van der Waals surface area (Å²) in [6.45, 7) is 6.67. The van der Waals surface area contributed by atoms with Gasteiger partial charge in [0.15, 0.2) is 11.5 Å². The van der Waals surface area contributed by atoms with Gasteiger partial charge >= 0.3 is 0 Å². The van der Waals surface area contributed by atoms with E-state index in [0.717, 1.165) is 71.9 Å². The third-order valence-corrected chi connectivity index (χ3v) is 5.94. The third kappa shape index (κ3) is 4.17. The van der Waals surface area contributed by atoms with E-state index in [2.05, 4.69) is 19.9 Å². The quantitative estimate of drug-likeness (QED) is 0.481. The number of carbonyl (C=O) groups is 1. The second-order valence-corrected chi connectivity index (χ2v) is 8.20. The number of aromatic nitrogens is 2. The molecule has 6 heteroatoms. The lowest BCUT2D eigenvalue weighted by Crippen LogP contribution is -2.47. The molecule has 0 amide bonds. The summed E-state index contributed by atoms with van der Waals surface area (Å²) >= 11 is 0. The molecule has 0 bridgehead atoms. The van der Waals surface area contributed by atoms with Crippen LogP contribution < -0.4 is 0 Å². The zero-order valence-corrected chi connectivity index (χ0v) is 17.7. The van der Waals surface area contributed by atoms with Gasteiger partial charge in [-0.25, -0.2) is 0 Å². The Hall–Kier alpha value is -3.22. The molecule has 2 aromatic carbocycles. The smallest absolute Gasteiger partial charge is 0.179 e. The van der Waals surface area contributed by atoms with Crippen molar-refractivity contribution in [2.45, 2.75) is 13.5 Å². The number of nitrogens with zero attached hydrogens (tertiary/aromatic N) is 3. The minimum Gasteiger partial charge on any atom is -0.360 e. The predicted octanol–water partition coefficient (Wildman–Crippen LogP) is 4.13. The Bertz CT molecular complexity index is 1190. The second kappa shape index (κ2) is 8.49. The van der Waals surface area contributed by atoms with Crippen LogP contribution in [-0.4, -0.2) is 58.4 Å². The first kappa shape index (κ1) is 19.7. The Morgan fingerprint density at radius 2 is 1.71 bits per heavy atom. The van der Waals surface area contributed by atoms with Crippen molar-refractivity contribution < 1.29 is 9.32 Å². The molecule has 158 valence electrons. The number of hydrogen-bond donors (Lipinski definition) is 1. The molecule has 1 fully saturated rings. The highest BCUT2D eigenvalue weighted by Crippen LogP contribution is 2.31. The number of H-pyrrole nitrogens is 1. The van der Waals surface area contributed by atoms with Gasteiger partial charge in [-0.15, -0.1) is 0 Å². The van der Waals surface area contributed by atoms with Crippen LogP contribution in [0.5, 0.6) is 0 Å². The van der Waals surface area contributed by atoms with Crippen LogP contribution in [0.15, 0.2) is 65.2 Å². The monoisotopic (exact) mass is 414 g/mol. The van der Waals surface area contributed by atoms with Gasteiger partial charge in [-0.05, 0) is 18.6 Å². The maximum atomic E-state index is 13.5. The van der Waals surface area contributed by atoms with Gasteiger partial charge in [-0.2, -0.15) is 0 Å². The molecule has 6 nitrogen and oxygen atoms in total. The van der Waals surface area contributed by atoms with E-state index in [-0.39, 0.29) is 5.78 Å². The molecule has 1 N–H and O–H groups in total. The second-order valence-electron chi connectivity index (χ2n) is 8.20. The molecular weight excluding hydrogens is 388 g/mol. The summed E-state index contributed by atoms with van der Waals surface area (Å²) in [5.74, 6) is 1.06. The van der Waals surface area contributed by atoms with Gasteiger partial charge in [0.2, 0.25) is 0 Å². The molecule has 0 atom stereocenters. The first-order valence-corrected chi connectivity index (χ1v) is 10.7. The topological polar surface area (TPSA) is 65.4 Å². The molecule has 1 aliphatic heterocycles. The van der Waals surface area contributed by atoms with Gasteiger partial charge in [-0.3, -0.25) is 14.6 Å². The molecule has 0 aliphatic carbocycles. The highest BCUT2D eigenvalue weighted by Gasteiger charge is 2.24. The fourth-order valence-corrected chi connectivity index (χ4v) is 4.35. The van der Waals surface area contributed by atoms with Crippen LogP contribution in [0.25, 0.3) is 22.2 Å². The summed E-state index contributed by atoms with van der Waals surface area (Å²) in [4.78, 5) is 21.5. The number of Topliss-reactive ketones (excluding diaryl/α,β-unsaturated/α-hetero) is 1. The Morgan fingerprint density at radius 3 is 2.45 bits per heavy atom. The largest absolute Gasteiger partial charge is 0.360 e. The van der Waals surface area contributed by atoms with Crippen molar-refractivity contribution in [2.75, 3.05) is 32.7 Å². The van der Waals surface area contributed by atoms with Crippen molar-refractivity contribution in [3.05, 3.63) is 77.7 Å². The van der Waals surface area contributed by atoms with E-state index < -0.39 is 0 Å². The maximum absolute atomic E-state index is 13.5. The maximum Gasteiger partial charge on any atom is 0.179 e. The number of aryl methyl sites for hydroxylation is 1. The third-order valence-electron chi connectivity index (χ3n) is 5.94. The molecule has 0 radical (unpaired) electrons. The molecular formula is C25H26N4O2. The summed E-state index contributed by atoms with van der Waals surface area (Å²) in [6, 6.07) is 20.1. The Balaban J connectivity index is 1.31. The molecule has 0 unspecified atom stereocenters. The van der Waals surface area contributed by atoms with E-state index in [1.165, 1.54) is 0 Å². The molecule has 5 rings (SSSR count). The molecule has 0 spiro atoms. The van der Waals surface area contributed by atoms with Crippen LogP contribution in [-0.2, 0) is 6.54 Å². The lowest BCUT2D eigenvalue weighted by Gasteiger charge is -2.33. The predicted molar refractivity (Wildman–Crippen MR) is 121 cm³/mol. The van der Waals surface area contributed by atoms with E-state index in [1.807, 2.05) is 67.6 Å². The standard InChI is InChI=1S/C25H26N4O2/c1-18-15-20(31-27-18)16-28-11-13-29(14-12-28)17-23(30)24-21-9-5-6-10-22(21)26-25(24)19-7-3-2-4-8-19/h2-10,15,26H,11-14,16-17H2,1H3. The number of rotatable bonds is 6. The average Bonchev–Trinajstić information content (AvgIpc) is 3.39. The van der Waals surface area contributed by atoms with Gasteiger partial charge in [-0.1, -0.05) is 53.7 Å². The number of benzene rings is 2. The van der Waals surface area contributed by atoms with Crippen molar-refractivity contribution >= 4 is 16.7 Å². The van der Waals surface area contributed by atoms with E-state index in [0.29, 0.717) is 6.54 Å². The van der Waals surface area contributed by atoms with Crippen molar-refractivity contribution in [1.29, 1.82) is 0 Å². The Morgan fingerprint density at radius 1 is 1.00 bits per heavy atom. The number of ketones is 1.